The van der Waals surface area contributed by atoms with Gasteiger partial charge in [0.05, 0.1) is 11.1 Å². The minimum Gasteiger partial charge on any atom is -0.387 e. The van der Waals surface area contributed by atoms with Gasteiger partial charge >= 0.3 is 0 Å². The molecular weight excluding hydrogens is 217 g/mol. The molecule has 84 valence electrons. The molecule has 2 N–H and O–H groups in total. The summed E-state index contributed by atoms with van der Waals surface area (Å²) in [6, 6.07) is 4.17. The normalized spacial score (nSPS) is 15.0. The molecule has 2 unspecified atom stereocenters. The lowest BCUT2D eigenvalue weighted by molar-refractivity contribution is 0.137. The Bertz CT molecular complexity index is 332. The van der Waals surface area contributed by atoms with Gasteiger partial charge in [-0.25, -0.2) is 4.39 Å². The van der Waals surface area contributed by atoms with Crippen LogP contribution < -0.4 is 5.32 Å². The Kier molecular flexibility index (Phi) is 4.51. The Balaban J connectivity index is 2.81. The van der Waals surface area contributed by atoms with E-state index < -0.39 is 11.9 Å². The van der Waals surface area contributed by atoms with Crippen LogP contribution in [0.5, 0.6) is 0 Å². The molecule has 0 spiro atoms. The van der Waals surface area contributed by atoms with Crippen LogP contribution in [0.2, 0.25) is 5.02 Å². The average molecular weight is 232 g/mol. The van der Waals surface area contributed by atoms with E-state index in [0.717, 1.165) is 6.54 Å². The van der Waals surface area contributed by atoms with E-state index in [0.29, 0.717) is 5.56 Å². The molecule has 1 aromatic rings. The fourth-order valence-electron chi connectivity index (χ4n) is 1.42. The van der Waals surface area contributed by atoms with Gasteiger partial charge in [-0.3, -0.25) is 0 Å². The molecule has 1 rings (SSSR count). The Labute approximate surface area is 94.1 Å². The van der Waals surface area contributed by atoms with Crippen molar-refractivity contribution >= 4 is 11.6 Å². The van der Waals surface area contributed by atoms with Gasteiger partial charge in [0.2, 0.25) is 0 Å². The van der Waals surface area contributed by atoms with Crippen LogP contribution in [0.25, 0.3) is 0 Å². The fraction of sp³-hybridized carbons (Fsp3) is 0.455. The Morgan fingerprint density at radius 1 is 1.53 bits per heavy atom. The molecule has 0 heterocycles. The Morgan fingerprint density at radius 2 is 2.20 bits per heavy atom. The van der Waals surface area contributed by atoms with Crippen molar-refractivity contribution < 1.29 is 9.50 Å². The number of benzene rings is 1. The molecule has 0 bridgehead atoms. The number of nitrogens with one attached hydrogen (secondary N) is 1. The second-order valence-corrected chi connectivity index (χ2v) is 3.87. The van der Waals surface area contributed by atoms with Gasteiger partial charge in [-0.15, -0.1) is 0 Å². The molecule has 2 nitrogen and oxygen atoms in total. The van der Waals surface area contributed by atoms with Crippen LogP contribution in [0.4, 0.5) is 4.39 Å². The molecule has 0 aliphatic carbocycles. The first-order valence-corrected chi connectivity index (χ1v) is 5.30. The zero-order valence-corrected chi connectivity index (χ0v) is 9.55. The van der Waals surface area contributed by atoms with E-state index >= 15 is 0 Å². The van der Waals surface area contributed by atoms with Gasteiger partial charge in [0, 0.05) is 6.04 Å². The van der Waals surface area contributed by atoms with Crippen LogP contribution in [-0.2, 0) is 0 Å². The maximum Gasteiger partial charge on any atom is 0.141 e. The molecular formula is C11H15ClFNO. The summed E-state index contributed by atoms with van der Waals surface area (Å²) in [7, 11) is 0. The molecule has 0 aromatic heterocycles. The third-order valence-corrected chi connectivity index (χ3v) is 2.57. The maximum absolute atomic E-state index is 12.9. The van der Waals surface area contributed by atoms with E-state index in [4.69, 9.17) is 11.6 Å². The van der Waals surface area contributed by atoms with Crippen molar-refractivity contribution in [2.24, 2.45) is 0 Å². The predicted molar refractivity (Wildman–Crippen MR) is 59.5 cm³/mol. The van der Waals surface area contributed by atoms with Crippen LogP contribution in [0.1, 0.15) is 25.5 Å². The number of hydrogen-bond acceptors (Lipinski definition) is 2. The predicted octanol–water partition coefficient (Wildman–Crippen LogP) is 2.51. The SMILES string of the molecule is CCNC(C)C(O)c1ccc(F)c(Cl)c1. The molecule has 2 atom stereocenters. The molecule has 0 fully saturated rings. The molecule has 0 aliphatic rings. The van der Waals surface area contributed by atoms with E-state index in [1.165, 1.54) is 12.1 Å². The lowest BCUT2D eigenvalue weighted by Gasteiger charge is -2.20. The molecule has 4 heteroatoms. The lowest BCUT2D eigenvalue weighted by atomic mass is 10.0. The molecule has 0 radical (unpaired) electrons. The number of aliphatic hydroxyl groups is 1. The molecule has 1 aromatic carbocycles. The number of hydrogen-bond donors (Lipinski definition) is 2. The van der Waals surface area contributed by atoms with E-state index in [-0.39, 0.29) is 11.1 Å². The maximum atomic E-state index is 12.9. The molecule has 0 amide bonds. The summed E-state index contributed by atoms with van der Waals surface area (Å²) in [6.45, 7) is 4.60. The van der Waals surface area contributed by atoms with Crippen molar-refractivity contribution in [2.45, 2.75) is 26.0 Å². The third-order valence-electron chi connectivity index (χ3n) is 2.28. The van der Waals surface area contributed by atoms with E-state index in [9.17, 15) is 9.50 Å². The molecule has 0 aliphatic heterocycles. The smallest absolute Gasteiger partial charge is 0.141 e. The number of aliphatic hydroxyl groups excluding tert-OH is 1. The van der Waals surface area contributed by atoms with Crippen molar-refractivity contribution in [1.82, 2.24) is 5.32 Å². The highest BCUT2D eigenvalue weighted by Crippen LogP contribution is 2.22. The van der Waals surface area contributed by atoms with Gasteiger partial charge in [-0.05, 0) is 31.2 Å². The van der Waals surface area contributed by atoms with E-state index in [1.807, 2.05) is 13.8 Å². The van der Waals surface area contributed by atoms with Crippen molar-refractivity contribution in [2.75, 3.05) is 6.54 Å². The second kappa shape index (κ2) is 5.45. The first-order valence-electron chi connectivity index (χ1n) is 4.92. The third kappa shape index (κ3) is 3.16. The monoisotopic (exact) mass is 231 g/mol. The van der Waals surface area contributed by atoms with E-state index in [2.05, 4.69) is 5.32 Å². The number of likely N-dealkylation sites (N-methyl/N-ethyl adjacent to an activating group) is 1. The highest BCUT2D eigenvalue weighted by molar-refractivity contribution is 6.30. The van der Waals surface area contributed by atoms with Gasteiger partial charge in [0.25, 0.3) is 0 Å². The topological polar surface area (TPSA) is 32.3 Å². The second-order valence-electron chi connectivity index (χ2n) is 3.46. The van der Waals surface area contributed by atoms with Gasteiger partial charge in [-0.2, -0.15) is 0 Å². The van der Waals surface area contributed by atoms with Gasteiger partial charge in [-0.1, -0.05) is 24.6 Å². The first-order chi connectivity index (χ1) is 7.06. The van der Waals surface area contributed by atoms with Crippen molar-refractivity contribution in [1.29, 1.82) is 0 Å². The standard InChI is InChI=1S/C11H15ClFNO/c1-3-14-7(2)11(15)8-4-5-10(13)9(12)6-8/h4-7,11,14-15H,3H2,1-2H3. The van der Waals surface area contributed by atoms with Gasteiger partial charge in [0.15, 0.2) is 0 Å². The summed E-state index contributed by atoms with van der Waals surface area (Å²) >= 11 is 5.63. The summed E-state index contributed by atoms with van der Waals surface area (Å²) in [5.74, 6) is -0.469. The number of rotatable bonds is 4. The Hall–Kier alpha value is -0.640. The van der Waals surface area contributed by atoms with Gasteiger partial charge in [0.1, 0.15) is 5.82 Å². The van der Waals surface area contributed by atoms with Crippen LogP contribution in [0, 0.1) is 5.82 Å². The van der Waals surface area contributed by atoms with Crippen molar-refractivity contribution in [3.05, 3.63) is 34.6 Å². The molecule has 0 saturated heterocycles. The molecule has 0 saturated carbocycles. The van der Waals surface area contributed by atoms with Crippen LogP contribution in [0.15, 0.2) is 18.2 Å². The average Bonchev–Trinajstić information content (AvgIpc) is 2.21. The van der Waals surface area contributed by atoms with Crippen LogP contribution >= 0.6 is 11.6 Å². The van der Waals surface area contributed by atoms with Crippen molar-refractivity contribution in [3.63, 3.8) is 0 Å². The zero-order valence-electron chi connectivity index (χ0n) is 8.80. The quantitative estimate of drug-likeness (QED) is 0.835. The zero-order chi connectivity index (χ0) is 11.4. The summed E-state index contributed by atoms with van der Waals surface area (Å²) in [4.78, 5) is 0. The van der Waals surface area contributed by atoms with Crippen molar-refractivity contribution in [3.8, 4) is 0 Å². The molecule has 15 heavy (non-hydrogen) atoms. The Morgan fingerprint density at radius 3 is 2.73 bits per heavy atom. The van der Waals surface area contributed by atoms with Gasteiger partial charge < -0.3 is 10.4 Å². The fourth-order valence-corrected chi connectivity index (χ4v) is 1.61. The van der Waals surface area contributed by atoms with E-state index in [1.54, 1.807) is 6.07 Å². The number of halogens is 2. The largest absolute Gasteiger partial charge is 0.387 e. The summed E-state index contributed by atoms with van der Waals surface area (Å²) < 4.78 is 12.9. The van der Waals surface area contributed by atoms with Crippen LogP contribution in [0.3, 0.4) is 0 Å². The summed E-state index contributed by atoms with van der Waals surface area (Å²) in [5.41, 5.74) is 0.620. The highest BCUT2D eigenvalue weighted by atomic mass is 35.5. The lowest BCUT2D eigenvalue weighted by Crippen LogP contribution is -2.31. The highest BCUT2D eigenvalue weighted by Gasteiger charge is 2.16. The van der Waals surface area contributed by atoms with Crippen LogP contribution in [-0.4, -0.2) is 17.7 Å². The summed E-state index contributed by atoms with van der Waals surface area (Å²) in [6.07, 6.45) is -0.678. The minimum absolute atomic E-state index is 0.0373. The summed E-state index contributed by atoms with van der Waals surface area (Å²) in [5, 5.41) is 13.0. The first kappa shape index (κ1) is 12.4. The minimum atomic E-state index is -0.678.